The fraction of sp³-hybridized carbons (Fsp3) is 0.231. The van der Waals surface area contributed by atoms with Gasteiger partial charge in [0, 0.05) is 29.4 Å². The maximum absolute atomic E-state index is 11.9. The van der Waals surface area contributed by atoms with Gasteiger partial charge >= 0.3 is 0 Å². The molecule has 100 valence electrons. The van der Waals surface area contributed by atoms with Crippen molar-refractivity contribution in [2.75, 3.05) is 12.8 Å². The van der Waals surface area contributed by atoms with E-state index in [9.17, 15) is 4.79 Å². The molecule has 2 aromatic rings. The molecule has 0 saturated carbocycles. The number of thioether (sulfide) groups is 1. The summed E-state index contributed by atoms with van der Waals surface area (Å²) in [5.41, 5.74) is 0. The number of aromatic nitrogens is 2. The standard InChI is InChI=1S/C13H14ClN3OS/c1-17(8-12-15-6-7-16-12)13(18)9-19-11-4-2-10(14)3-5-11/h2-7H,8-9H2,1H3,(H,15,16). The lowest BCUT2D eigenvalue weighted by atomic mass is 10.4. The van der Waals surface area contributed by atoms with Crippen molar-refractivity contribution in [3.05, 3.63) is 47.5 Å². The molecule has 1 aromatic carbocycles. The average molecular weight is 296 g/mol. The van der Waals surface area contributed by atoms with Gasteiger partial charge in [0.2, 0.25) is 5.91 Å². The smallest absolute Gasteiger partial charge is 0.233 e. The molecule has 0 aliphatic rings. The third-order valence-corrected chi connectivity index (χ3v) is 3.79. The van der Waals surface area contributed by atoms with Gasteiger partial charge in [0.05, 0.1) is 12.3 Å². The number of nitrogens with zero attached hydrogens (tertiary/aromatic N) is 2. The molecule has 6 heteroatoms. The Balaban J connectivity index is 1.82. The van der Waals surface area contributed by atoms with Gasteiger partial charge in [-0.15, -0.1) is 11.8 Å². The third-order valence-electron chi connectivity index (χ3n) is 2.54. The van der Waals surface area contributed by atoms with Gasteiger partial charge in [-0.05, 0) is 24.3 Å². The lowest BCUT2D eigenvalue weighted by molar-refractivity contribution is -0.127. The van der Waals surface area contributed by atoms with Crippen LogP contribution < -0.4 is 0 Å². The van der Waals surface area contributed by atoms with Gasteiger partial charge in [-0.25, -0.2) is 4.98 Å². The van der Waals surface area contributed by atoms with Crippen molar-refractivity contribution >= 4 is 29.3 Å². The van der Waals surface area contributed by atoms with Gasteiger partial charge in [0.25, 0.3) is 0 Å². The Bertz CT molecular complexity index is 527. The van der Waals surface area contributed by atoms with E-state index in [1.165, 1.54) is 11.8 Å². The van der Waals surface area contributed by atoms with Gasteiger partial charge in [0.1, 0.15) is 5.82 Å². The SMILES string of the molecule is CN(Cc1ncc[nH]1)C(=O)CSc1ccc(Cl)cc1. The first-order chi connectivity index (χ1) is 9.15. The summed E-state index contributed by atoms with van der Waals surface area (Å²) in [4.78, 5) is 21.7. The van der Waals surface area contributed by atoms with E-state index in [-0.39, 0.29) is 5.91 Å². The Morgan fingerprint density at radius 1 is 1.42 bits per heavy atom. The van der Waals surface area contributed by atoms with E-state index in [0.29, 0.717) is 17.3 Å². The van der Waals surface area contributed by atoms with Crippen molar-refractivity contribution < 1.29 is 4.79 Å². The second-order valence-electron chi connectivity index (χ2n) is 4.03. The highest BCUT2D eigenvalue weighted by molar-refractivity contribution is 8.00. The monoisotopic (exact) mass is 295 g/mol. The lowest BCUT2D eigenvalue weighted by Crippen LogP contribution is -2.28. The molecule has 0 radical (unpaired) electrons. The topological polar surface area (TPSA) is 49.0 Å². The molecule has 0 saturated heterocycles. The first-order valence-corrected chi connectivity index (χ1v) is 7.12. The summed E-state index contributed by atoms with van der Waals surface area (Å²) in [6.07, 6.45) is 3.42. The van der Waals surface area contributed by atoms with Crippen molar-refractivity contribution in [3.63, 3.8) is 0 Å². The van der Waals surface area contributed by atoms with Crippen molar-refractivity contribution in [2.45, 2.75) is 11.4 Å². The number of halogens is 1. The molecule has 1 heterocycles. The number of nitrogens with one attached hydrogen (secondary N) is 1. The number of amides is 1. The molecule has 0 fully saturated rings. The number of hydrogen-bond acceptors (Lipinski definition) is 3. The molecule has 4 nitrogen and oxygen atoms in total. The second kappa shape index (κ2) is 6.63. The van der Waals surface area contributed by atoms with Crippen LogP contribution in [0, 0.1) is 0 Å². The molecular formula is C13H14ClN3OS. The molecule has 0 aliphatic heterocycles. The summed E-state index contributed by atoms with van der Waals surface area (Å²) in [5, 5.41) is 0.700. The zero-order valence-corrected chi connectivity index (χ0v) is 12.0. The second-order valence-corrected chi connectivity index (χ2v) is 5.51. The quantitative estimate of drug-likeness (QED) is 0.863. The number of aromatic amines is 1. The fourth-order valence-corrected chi connectivity index (χ4v) is 2.45. The molecule has 0 spiro atoms. The minimum atomic E-state index is 0.0661. The summed E-state index contributed by atoms with van der Waals surface area (Å²) in [7, 11) is 1.77. The van der Waals surface area contributed by atoms with Crippen LogP contribution >= 0.6 is 23.4 Å². The van der Waals surface area contributed by atoms with E-state index in [0.717, 1.165) is 10.7 Å². The number of carbonyl (C=O) groups is 1. The maximum Gasteiger partial charge on any atom is 0.233 e. The summed E-state index contributed by atoms with van der Waals surface area (Å²) in [6, 6.07) is 7.46. The summed E-state index contributed by atoms with van der Waals surface area (Å²) < 4.78 is 0. The van der Waals surface area contributed by atoms with Crippen molar-refractivity contribution in [1.29, 1.82) is 0 Å². The van der Waals surface area contributed by atoms with Crippen LogP contribution in [0.3, 0.4) is 0 Å². The Hall–Kier alpha value is -1.46. The van der Waals surface area contributed by atoms with Crippen molar-refractivity contribution in [2.24, 2.45) is 0 Å². The molecule has 2 rings (SSSR count). The van der Waals surface area contributed by atoms with Crippen LogP contribution in [0.4, 0.5) is 0 Å². The predicted molar refractivity (Wildman–Crippen MR) is 77.2 cm³/mol. The summed E-state index contributed by atoms with van der Waals surface area (Å²) in [6.45, 7) is 0.493. The summed E-state index contributed by atoms with van der Waals surface area (Å²) in [5.74, 6) is 1.25. The van der Waals surface area contributed by atoms with E-state index in [4.69, 9.17) is 11.6 Å². The van der Waals surface area contributed by atoms with Gasteiger partial charge < -0.3 is 9.88 Å². The van der Waals surface area contributed by atoms with Gasteiger partial charge in [0.15, 0.2) is 0 Å². The maximum atomic E-state index is 11.9. The number of hydrogen-bond donors (Lipinski definition) is 1. The van der Waals surface area contributed by atoms with Crippen LogP contribution in [0.5, 0.6) is 0 Å². The average Bonchev–Trinajstić information content (AvgIpc) is 2.90. The summed E-state index contributed by atoms with van der Waals surface area (Å²) >= 11 is 7.31. The Kier molecular flexibility index (Phi) is 4.87. The lowest BCUT2D eigenvalue weighted by Gasteiger charge is -2.15. The highest BCUT2D eigenvalue weighted by Gasteiger charge is 2.10. The highest BCUT2D eigenvalue weighted by Crippen LogP contribution is 2.20. The van der Waals surface area contributed by atoms with Crippen molar-refractivity contribution in [1.82, 2.24) is 14.9 Å². The zero-order valence-electron chi connectivity index (χ0n) is 10.5. The van der Waals surface area contributed by atoms with Gasteiger partial charge in [-0.2, -0.15) is 0 Å². The van der Waals surface area contributed by atoms with Crippen LogP contribution in [0.15, 0.2) is 41.6 Å². The fourth-order valence-electron chi connectivity index (χ4n) is 1.48. The largest absolute Gasteiger partial charge is 0.347 e. The normalized spacial score (nSPS) is 10.4. The van der Waals surface area contributed by atoms with Gasteiger partial charge in [-0.3, -0.25) is 4.79 Å². The number of benzene rings is 1. The first-order valence-electron chi connectivity index (χ1n) is 5.76. The third kappa shape index (κ3) is 4.29. The number of carbonyl (C=O) groups excluding carboxylic acids is 1. The zero-order chi connectivity index (χ0) is 13.7. The number of H-pyrrole nitrogens is 1. The van der Waals surface area contributed by atoms with Crippen LogP contribution in [-0.4, -0.2) is 33.6 Å². The highest BCUT2D eigenvalue weighted by atomic mass is 35.5. The molecule has 0 unspecified atom stereocenters. The molecule has 1 N–H and O–H groups in total. The van der Waals surface area contributed by atoms with Crippen LogP contribution in [0.2, 0.25) is 5.02 Å². The van der Waals surface area contributed by atoms with Gasteiger partial charge in [-0.1, -0.05) is 11.6 Å². The Morgan fingerprint density at radius 3 is 2.79 bits per heavy atom. The molecule has 0 atom stereocenters. The van der Waals surface area contributed by atoms with E-state index >= 15 is 0 Å². The van der Waals surface area contributed by atoms with Crippen molar-refractivity contribution in [3.8, 4) is 0 Å². The molecular weight excluding hydrogens is 282 g/mol. The molecule has 19 heavy (non-hydrogen) atoms. The minimum Gasteiger partial charge on any atom is -0.347 e. The van der Waals surface area contributed by atoms with E-state index in [1.54, 1.807) is 24.3 Å². The molecule has 1 amide bonds. The number of imidazole rings is 1. The van der Waals surface area contributed by atoms with Crippen LogP contribution in [-0.2, 0) is 11.3 Å². The van der Waals surface area contributed by atoms with E-state index < -0.39 is 0 Å². The Labute approximate surface area is 121 Å². The molecule has 0 bridgehead atoms. The predicted octanol–water partition coefficient (Wildman–Crippen LogP) is 2.81. The Morgan fingerprint density at radius 2 is 2.16 bits per heavy atom. The first kappa shape index (κ1) is 14.0. The van der Waals surface area contributed by atoms with Crippen LogP contribution in [0.25, 0.3) is 0 Å². The molecule has 0 aliphatic carbocycles. The van der Waals surface area contributed by atoms with E-state index in [1.807, 2.05) is 24.3 Å². The van der Waals surface area contributed by atoms with Crippen LogP contribution in [0.1, 0.15) is 5.82 Å². The minimum absolute atomic E-state index is 0.0661. The number of rotatable bonds is 5. The van der Waals surface area contributed by atoms with E-state index in [2.05, 4.69) is 9.97 Å². The molecule has 1 aromatic heterocycles.